The third kappa shape index (κ3) is 6.47. The van der Waals surface area contributed by atoms with Crippen LogP contribution in [0.3, 0.4) is 0 Å². The van der Waals surface area contributed by atoms with E-state index in [1.807, 2.05) is 24.5 Å². The van der Waals surface area contributed by atoms with Gasteiger partial charge in [0.05, 0.1) is 13.0 Å². The first-order chi connectivity index (χ1) is 9.63. The number of rotatable bonds is 9. The van der Waals surface area contributed by atoms with Gasteiger partial charge in [0.15, 0.2) is 0 Å². The van der Waals surface area contributed by atoms with Crippen molar-refractivity contribution in [3.8, 4) is 5.75 Å². The number of benzene rings is 1. The van der Waals surface area contributed by atoms with E-state index in [0.717, 1.165) is 0 Å². The summed E-state index contributed by atoms with van der Waals surface area (Å²) < 4.78 is 5.39. The van der Waals surface area contributed by atoms with Gasteiger partial charge in [-0.3, -0.25) is 4.79 Å². The average molecular weight is 297 g/mol. The van der Waals surface area contributed by atoms with Gasteiger partial charge in [-0.05, 0) is 30.6 Å². The number of hydrogen-bond donors (Lipinski definition) is 2. The normalized spacial score (nSPS) is 11.7. The molecule has 1 aromatic carbocycles. The van der Waals surface area contributed by atoms with Gasteiger partial charge in [0.1, 0.15) is 11.8 Å². The summed E-state index contributed by atoms with van der Waals surface area (Å²) in [4.78, 5) is 22.6. The van der Waals surface area contributed by atoms with Gasteiger partial charge in [0, 0.05) is 0 Å². The van der Waals surface area contributed by atoms with Gasteiger partial charge in [-0.15, -0.1) is 0 Å². The van der Waals surface area contributed by atoms with E-state index in [1.165, 1.54) is 0 Å². The van der Waals surface area contributed by atoms with Crippen LogP contribution in [-0.2, 0) is 9.59 Å². The van der Waals surface area contributed by atoms with Crippen LogP contribution in [0.5, 0.6) is 5.75 Å². The maximum Gasteiger partial charge on any atom is 0.326 e. The van der Waals surface area contributed by atoms with Crippen LogP contribution in [0.25, 0.3) is 0 Å². The van der Waals surface area contributed by atoms with Crippen LogP contribution in [-0.4, -0.2) is 41.6 Å². The Morgan fingerprint density at radius 2 is 2.05 bits per heavy atom. The molecular formula is C14H19NO4S. The molecule has 110 valence electrons. The first-order valence-electron chi connectivity index (χ1n) is 6.32. The molecule has 0 bridgehead atoms. The molecule has 20 heavy (non-hydrogen) atoms. The molecule has 0 radical (unpaired) electrons. The lowest BCUT2D eigenvalue weighted by atomic mass is 10.2. The summed E-state index contributed by atoms with van der Waals surface area (Å²) in [5.41, 5.74) is 0. The third-order valence-corrected chi connectivity index (χ3v) is 3.23. The minimum Gasteiger partial charge on any atom is -0.493 e. The Kier molecular flexibility index (Phi) is 7.57. The van der Waals surface area contributed by atoms with E-state index in [-0.39, 0.29) is 18.9 Å². The molecule has 0 heterocycles. The van der Waals surface area contributed by atoms with Gasteiger partial charge in [0.2, 0.25) is 5.91 Å². The zero-order valence-corrected chi connectivity index (χ0v) is 12.2. The molecule has 1 rings (SSSR count). The Bertz CT molecular complexity index is 424. The highest BCUT2D eigenvalue weighted by molar-refractivity contribution is 7.98. The molecule has 1 amide bonds. The number of hydrogen-bond acceptors (Lipinski definition) is 4. The Balaban J connectivity index is 2.29. The summed E-state index contributed by atoms with van der Waals surface area (Å²) in [7, 11) is 0. The van der Waals surface area contributed by atoms with Gasteiger partial charge in [-0.1, -0.05) is 18.2 Å². The van der Waals surface area contributed by atoms with Crippen LogP contribution in [0.1, 0.15) is 12.8 Å². The largest absolute Gasteiger partial charge is 0.493 e. The predicted molar refractivity (Wildman–Crippen MR) is 79.1 cm³/mol. The Hall–Kier alpha value is -1.69. The molecule has 0 aromatic heterocycles. The van der Waals surface area contributed by atoms with Gasteiger partial charge >= 0.3 is 5.97 Å². The molecule has 0 saturated carbocycles. The topological polar surface area (TPSA) is 75.6 Å². The quantitative estimate of drug-likeness (QED) is 0.726. The van der Waals surface area contributed by atoms with Crippen molar-refractivity contribution in [1.82, 2.24) is 5.32 Å². The summed E-state index contributed by atoms with van der Waals surface area (Å²) in [6.45, 7) is 0.227. The smallest absolute Gasteiger partial charge is 0.326 e. The number of nitrogens with one attached hydrogen (secondary N) is 1. The van der Waals surface area contributed by atoms with Gasteiger partial charge in [-0.25, -0.2) is 4.79 Å². The molecule has 6 heteroatoms. The fraction of sp³-hybridized carbons (Fsp3) is 0.429. The molecule has 1 aromatic rings. The molecule has 0 aliphatic carbocycles. The van der Waals surface area contributed by atoms with Crippen molar-refractivity contribution in [2.24, 2.45) is 0 Å². The lowest BCUT2D eigenvalue weighted by Crippen LogP contribution is -2.41. The highest BCUT2D eigenvalue weighted by atomic mass is 32.2. The number of carboxylic acid groups (broad SMARTS) is 1. The van der Waals surface area contributed by atoms with Crippen LogP contribution in [0.2, 0.25) is 0 Å². The highest BCUT2D eigenvalue weighted by Gasteiger charge is 2.18. The molecule has 0 saturated heterocycles. The second-order valence-corrected chi connectivity index (χ2v) is 5.14. The minimum absolute atomic E-state index is 0.137. The summed E-state index contributed by atoms with van der Waals surface area (Å²) >= 11 is 1.55. The maximum absolute atomic E-state index is 11.7. The monoisotopic (exact) mass is 297 g/mol. The SMILES string of the molecule is CSCC[C@@H](NC(=O)CCOc1ccccc1)C(=O)O. The predicted octanol–water partition coefficient (Wildman–Crippen LogP) is 1.78. The lowest BCUT2D eigenvalue weighted by molar-refractivity contribution is -0.141. The van der Waals surface area contributed by atoms with E-state index >= 15 is 0 Å². The first kappa shape index (κ1) is 16.4. The van der Waals surface area contributed by atoms with Crippen LogP contribution in [0.15, 0.2) is 30.3 Å². The number of amides is 1. The van der Waals surface area contributed by atoms with E-state index in [2.05, 4.69) is 5.32 Å². The minimum atomic E-state index is -1.00. The second kappa shape index (κ2) is 9.25. The van der Waals surface area contributed by atoms with E-state index in [4.69, 9.17) is 9.84 Å². The van der Waals surface area contributed by atoms with E-state index < -0.39 is 12.0 Å². The molecule has 0 aliphatic rings. The number of para-hydroxylation sites is 1. The van der Waals surface area contributed by atoms with E-state index in [0.29, 0.717) is 17.9 Å². The van der Waals surface area contributed by atoms with Crippen LogP contribution >= 0.6 is 11.8 Å². The molecule has 0 spiro atoms. The number of ether oxygens (including phenoxy) is 1. The Labute approximate surface area is 122 Å². The van der Waals surface area contributed by atoms with Crippen molar-refractivity contribution < 1.29 is 19.4 Å². The lowest BCUT2D eigenvalue weighted by Gasteiger charge is -2.14. The average Bonchev–Trinajstić information content (AvgIpc) is 2.44. The van der Waals surface area contributed by atoms with Crippen molar-refractivity contribution >= 4 is 23.6 Å². The summed E-state index contributed by atoms with van der Waals surface area (Å²) in [6.07, 6.45) is 2.45. The van der Waals surface area contributed by atoms with Crippen molar-refractivity contribution in [1.29, 1.82) is 0 Å². The van der Waals surface area contributed by atoms with Gasteiger partial charge in [-0.2, -0.15) is 11.8 Å². The number of carbonyl (C=O) groups is 2. The molecule has 0 aliphatic heterocycles. The Morgan fingerprint density at radius 1 is 1.35 bits per heavy atom. The molecule has 0 unspecified atom stereocenters. The maximum atomic E-state index is 11.7. The van der Waals surface area contributed by atoms with Gasteiger partial charge in [0.25, 0.3) is 0 Å². The molecule has 1 atom stereocenters. The van der Waals surface area contributed by atoms with Crippen molar-refractivity contribution in [2.45, 2.75) is 18.9 Å². The Morgan fingerprint density at radius 3 is 2.65 bits per heavy atom. The summed E-state index contributed by atoms with van der Waals surface area (Å²) in [5, 5.41) is 11.5. The molecule has 2 N–H and O–H groups in total. The first-order valence-corrected chi connectivity index (χ1v) is 7.72. The summed E-state index contributed by atoms with van der Waals surface area (Å²) in [5.74, 6) is 0.0703. The summed E-state index contributed by atoms with van der Waals surface area (Å²) in [6, 6.07) is 8.35. The van der Waals surface area contributed by atoms with E-state index in [1.54, 1.807) is 23.9 Å². The van der Waals surface area contributed by atoms with Gasteiger partial charge < -0.3 is 15.2 Å². The number of thioether (sulfide) groups is 1. The van der Waals surface area contributed by atoms with Crippen molar-refractivity contribution in [2.75, 3.05) is 18.6 Å². The second-order valence-electron chi connectivity index (χ2n) is 4.15. The highest BCUT2D eigenvalue weighted by Crippen LogP contribution is 2.08. The van der Waals surface area contributed by atoms with E-state index in [9.17, 15) is 9.59 Å². The zero-order valence-electron chi connectivity index (χ0n) is 11.4. The molecule has 0 fully saturated rings. The third-order valence-electron chi connectivity index (χ3n) is 2.59. The standard InChI is InChI=1S/C14H19NO4S/c1-20-10-8-12(14(17)18)15-13(16)7-9-19-11-5-3-2-4-6-11/h2-6,12H,7-10H2,1H3,(H,15,16)(H,17,18)/t12-/m1/s1. The van der Waals surface area contributed by atoms with Crippen LogP contribution in [0, 0.1) is 0 Å². The van der Waals surface area contributed by atoms with Crippen molar-refractivity contribution in [3.63, 3.8) is 0 Å². The van der Waals surface area contributed by atoms with Crippen LogP contribution in [0.4, 0.5) is 0 Å². The zero-order chi connectivity index (χ0) is 14.8. The number of carboxylic acids is 1. The van der Waals surface area contributed by atoms with Crippen LogP contribution < -0.4 is 10.1 Å². The molecular weight excluding hydrogens is 278 g/mol. The van der Waals surface area contributed by atoms with Crippen molar-refractivity contribution in [3.05, 3.63) is 30.3 Å². The molecule has 5 nitrogen and oxygen atoms in total. The number of carbonyl (C=O) groups excluding carboxylic acids is 1. The fourth-order valence-corrected chi connectivity index (χ4v) is 2.01. The fourth-order valence-electron chi connectivity index (χ4n) is 1.54. The number of aliphatic carboxylic acids is 1.